The SMILES string of the molecule is Cc1cc(CN2CCC[C@H](C(=O)c3ccccn3)C2)c(C)n1-n1cnnc1. The summed E-state index contributed by atoms with van der Waals surface area (Å²) in [6, 6.07) is 7.74. The minimum Gasteiger partial charge on any atom is -0.298 e. The van der Waals surface area contributed by atoms with E-state index < -0.39 is 0 Å². The Bertz CT molecular complexity index is 916. The Morgan fingerprint density at radius 1 is 1.22 bits per heavy atom. The minimum atomic E-state index is 0.0231. The van der Waals surface area contributed by atoms with Gasteiger partial charge in [0.15, 0.2) is 5.78 Å². The summed E-state index contributed by atoms with van der Waals surface area (Å²) >= 11 is 0. The van der Waals surface area contributed by atoms with Gasteiger partial charge in [0, 0.05) is 36.6 Å². The van der Waals surface area contributed by atoms with Crippen LogP contribution in [0, 0.1) is 19.8 Å². The van der Waals surface area contributed by atoms with Crippen molar-refractivity contribution in [3.05, 3.63) is 65.8 Å². The first-order valence-corrected chi connectivity index (χ1v) is 9.34. The maximum absolute atomic E-state index is 12.8. The van der Waals surface area contributed by atoms with Crippen LogP contribution in [-0.4, -0.2) is 48.3 Å². The zero-order valence-corrected chi connectivity index (χ0v) is 15.7. The van der Waals surface area contributed by atoms with E-state index in [0.717, 1.165) is 38.2 Å². The number of hydrogen-bond acceptors (Lipinski definition) is 5. The Labute approximate surface area is 158 Å². The maximum atomic E-state index is 12.8. The van der Waals surface area contributed by atoms with Gasteiger partial charge in [0.2, 0.25) is 0 Å². The van der Waals surface area contributed by atoms with E-state index in [9.17, 15) is 4.79 Å². The maximum Gasteiger partial charge on any atom is 0.185 e. The average molecular weight is 364 g/mol. The number of carbonyl (C=O) groups is 1. The summed E-state index contributed by atoms with van der Waals surface area (Å²) in [6.45, 7) is 6.84. The molecule has 0 aliphatic carbocycles. The predicted octanol–water partition coefficient (Wildman–Crippen LogP) is 2.50. The number of hydrogen-bond donors (Lipinski definition) is 0. The van der Waals surface area contributed by atoms with Crippen LogP contribution in [-0.2, 0) is 6.54 Å². The second kappa shape index (κ2) is 7.44. The highest BCUT2D eigenvalue weighted by Crippen LogP contribution is 2.24. The summed E-state index contributed by atoms with van der Waals surface area (Å²) in [5.41, 5.74) is 4.16. The number of Topliss-reactive ketones (excluding diaryl/α,β-unsaturated/α-hetero) is 1. The summed E-state index contributed by atoms with van der Waals surface area (Å²) in [5.74, 6) is 0.185. The van der Waals surface area contributed by atoms with Crippen LogP contribution < -0.4 is 0 Å². The number of aryl methyl sites for hydroxylation is 1. The predicted molar refractivity (Wildman–Crippen MR) is 101 cm³/mol. The Kier molecular flexibility index (Phi) is 4.85. The third kappa shape index (κ3) is 3.55. The number of rotatable bonds is 5. The molecule has 0 spiro atoms. The molecule has 1 fully saturated rings. The number of aromatic nitrogens is 5. The molecule has 3 aromatic rings. The largest absolute Gasteiger partial charge is 0.298 e. The molecule has 1 aliphatic rings. The molecule has 0 radical (unpaired) electrons. The van der Waals surface area contributed by atoms with Gasteiger partial charge in [-0.3, -0.25) is 19.4 Å². The third-order valence-corrected chi connectivity index (χ3v) is 5.32. The van der Waals surface area contributed by atoms with Gasteiger partial charge in [0.25, 0.3) is 0 Å². The minimum absolute atomic E-state index is 0.0231. The van der Waals surface area contributed by atoms with Crippen molar-refractivity contribution in [3.63, 3.8) is 0 Å². The van der Waals surface area contributed by atoms with Gasteiger partial charge in [-0.05, 0) is 57.0 Å². The van der Waals surface area contributed by atoms with E-state index in [1.807, 2.05) is 22.9 Å². The fourth-order valence-electron chi connectivity index (χ4n) is 4.00. The normalized spacial score (nSPS) is 17.9. The van der Waals surface area contributed by atoms with Gasteiger partial charge in [-0.1, -0.05) is 6.07 Å². The lowest BCUT2D eigenvalue weighted by atomic mass is 9.91. The fourth-order valence-corrected chi connectivity index (χ4v) is 4.00. The van der Waals surface area contributed by atoms with Crippen molar-refractivity contribution in [1.82, 2.24) is 29.4 Å². The highest BCUT2D eigenvalue weighted by molar-refractivity contribution is 5.96. The van der Waals surface area contributed by atoms with E-state index in [1.165, 1.54) is 11.3 Å². The molecule has 4 heterocycles. The van der Waals surface area contributed by atoms with Crippen LogP contribution in [0.1, 0.15) is 40.3 Å². The summed E-state index contributed by atoms with van der Waals surface area (Å²) in [7, 11) is 0. The van der Waals surface area contributed by atoms with Crippen molar-refractivity contribution in [3.8, 4) is 0 Å². The van der Waals surface area contributed by atoms with E-state index in [0.29, 0.717) is 5.69 Å². The lowest BCUT2D eigenvalue weighted by Gasteiger charge is -2.31. The van der Waals surface area contributed by atoms with E-state index in [-0.39, 0.29) is 11.7 Å². The molecule has 0 bridgehead atoms. The Balaban J connectivity index is 1.49. The highest BCUT2D eigenvalue weighted by atomic mass is 16.1. The van der Waals surface area contributed by atoms with Crippen molar-refractivity contribution in [2.45, 2.75) is 33.2 Å². The molecule has 7 heteroatoms. The first-order chi connectivity index (χ1) is 13.1. The molecule has 27 heavy (non-hydrogen) atoms. The molecule has 0 amide bonds. The van der Waals surface area contributed by atoms with Gasteiger partial charge in [0.1, 0.15) is 18.3 Å². The number of pyridine rings is 1. The number of carbonyl (C=O) groups excluding carboxylic acids is 1. The summed E-state index contributed by atoms with van der Waals surface area (Å²) in [6.07, 6.45) is 7.06. The molecular formula is C20H24N6O. The van der Waals surface area contributed by atoms with E-state index in [2.05, 4.69) is 44.7 Å². The van der Waals surface area contributed by atoms with Crippen LogP contribution in [0.15, 0.2) is 43.1 Å². The molecule has 0 N–H and O–H groups in total. The Hall–Kier alpha value is -2.80. The molecule has 1 saturated heterocycles. The standard InChI is InChI=1S/C20H24N6O/c1-15-10-18(16(2)26(15)25-13-22-23-14-25)12-24-9-5-6-17(11-24)20(27)19-7-3-4-8-21-19/h3-4,7-8,10,13-14,17H,5-6,9,11-12H2,1-2H3/t17-/m0/s1. The van der Waals surface area contributed by atoms with Gasteiger partial charge in [-0.25, -0.2) is 4.68 Å². The molecule has 0 unspecified atom stereocenters. The molecule has 7 nitrogen and oxygen atoms in total. The van der Waals surface area contributed by atoms with Gasteiger partial charge in [-0.2, -0.15) is 0 Å². The number of ketones is 1. The van der Waals surface area contributed by atoms with E-state index in [1.54, 1.807) is 18.9 Å². The number of piperidine rings is 1. The lowest BCUT2D eigenvalue weighted by molar-refractivity contribution is 0.0806. The molecule has 140 valence electrons. The first-order valence-electron chi connectivity index (χ1n) is 9.34. The summed E-state index contributed by atoms with van der Waals surface area (Å²) in [4.78, 5) is 19.4. The van der Waals surface area contributed by atoms with Crippen molar-refractivity contribution in [1.29, 1.82) is 0 Å². The molecule has 0 aromatic carbocycles. The van der Waals surface area contributed by atoms with Gasteiger partial charge < -0.3 is 0 Å². The second-order valence-corrected chi connectivity index (χ2v) is 7.20. The molecule has 1 atom stereocenters. The van der Waals surface area contributed by atoms with Crippen LogP contribution in [0.25, 0.3) is 0 Å². The van der Waals surface area contributed by atoms with Crippen LogP contribution in [0.5, 0.6) is 0 Å². The number of nitrogens with zero attached hydrogens (tertiary/aromatic N) is 6. The molecule has 0 saturated carbocycles. The van der Waals surface area contributed by atoms with Crippen LogP contribution in [0.2, 0.25) is 0 Å². The van der Waals surface area contributed by atoms with E-state index in [4.69, 9.17) is 0 Å². The summed E-state index contributed by atoms with van der Waals surface area (Å²) in [5, 5.41) is 7.80. The molecule has 3 aromatic heterocycles. The van der Waals surface area contributed by atoms with Crippen LogP contribution in [0.3, 0.4) is 0 Å². The Morgan fingerprint density at radius 3 is 2.78 bits per heavy atom. The quantitative estimate of drug-likeness (QED) is 0.651. The topological polar surface area (TPSA) is 68.8 Å². The van der Waals surface area contributed by atoms with E-state index >= 15 is 0 Å². The fraction of sp³-hybridized carbons (Fsp3) is 0.400. The lowest BCUT2D eigenvalue weighted by Crippen LogP contribution is -2.38. The Morgan fingerprint density at radius 2 is 2.04 bits per heavy atom. The smallest absolute Gasteiger partial charge is 0.185 e. The highest BCUT2D eigenvalue weighted by Gasteiger charge is 2.27. The van der Waals surface area contributed by atoms with Gasteiger partial charge >= 0.3 is 0 Å². The van der Waals surface area contributed by atoms with Gasteiger partial charge in [0.05, 0.1) is 0 Å². The molecular weight excluding hydrogens is 340 g/mol. The van der Waals surface area contributed by atoms with Crippen molar-refractivity contribution in [2.75, 3.05) is 13.1 Å². The molecule has 1 aliphatic heterocycles. The van der Waals surface area contributed by atoms with Crippen molar-refractivity contribution >= 4 is 5.78 Å². The monoisotopic (exact) mass is 364 g/mol. The van der Waals surface area contributed by atoms with Crippen LogP contribution in [0.4, 0.5) is 0 Å². The first kappa shape index (κ1) is 17.6. The average Bonchev–Trinajstić information content (AvgIpc) is 3.30. The zero-order chi connectivity index (χ0) is 18.8. The zero-order valence-electron chi connectivity index (χ0n) is 15.7. The second-order valence-electron chi connectivity index (χ2n) is 7.20. The molecule has 4 rings (SSSR count). The van der Waals surface area contributed by atoms with Crippen molar-refractivity contribution < 1.29 is 4.79 Å². The number of likely N-dealkylation sites (tertiary alicyclic amines) is 1. The third-order valence-electron chi connectivity index (χ3n) is 5.32. The van der Waals surface area contributed by atoms with Crippen molar-refractivity contribution in [2.24, 2.45) is 5.92 Å². The van der Waals surface area contributed by atoms with Crippen LogP contribution >= 0.6 is 0 Å². The summed E-state index contributed by atoms with van der Waals surface area (Å²) < 4.78 is 3.99. The van der Waals surface area contributed by atoms with Gasteiger partial charge in [-0.15, -0.1) is 10.2 Å².